The van der Waals surface area contributed by atoms with Crippen LogP contribution < -0.4 is 14.7 Å². The Morgan fingerprint density at radius 2 is 1.65 bits per heavy atom. The van der Waals surface area contributed by atoms with Crippen LogP contribution in [0.4, 0.5) is 17.2 Å². The van der Waals surface area contributed by atoms with Crippen molar-refractivity contribution in [3.05, 3.63) is 94.4 Å². The van der Waals surface area contributed by atoms with Gasteiger partial charge in [0, 0.05) is 41.9 Å². The fourth-order valence-electron chi connectivity index (χ4n) is 6.71. The highest BCUT2D eigenvalue weighted by molar-refractivity contribution is 6.35. The summed E-state index contributed by atoms with van der Waals surface area (Å²) >= 11 is 12.6. The van der Waals surface area contributed by atoms with Crippen LogP contribution in [0.5, 0.6) is 0 Å². The minimum Gasteiger partial charge on any atom is -0.368 e. The van der Waals surface area contributed by atoms with Gasteiger partial charge in [0.15, 0.2) is 0 Å². The number of pyridine rings is 1. The van der Waals surface area contributed by atoms with E-state index in [4.69, 9.17) is 28.2 Å². The second kappa shape index (κ2) is 13.2. The van der Waals surface area contributed by atoms with Crippen LogP contribution in [0.3, 0.4) is 0 Å². The number of hydrogen-bond acceptors (Lipinski definition) is 6. The van der Waals surface area contributed by atoms with E-state index in [1.165, 1.54) is 42.5 Å². The smallest absolute Gasteiger partial charge is 0.139 e. The van der Waals surface area contributed by atoms with Gasteiger partial charge in [0.1, 0.15) is 18.0 Å². The maximum atomic E-state index is 6.49. The Morgan fingerprint density at radius 1 is 0.930 bits per heavy atom. The van der Waals surface area contributed by atoms with Crippen LogP contribution in [0.2, 0.25) is 10.0 Å². The summed E-state index contributed by atoms with van der Waals surface area (Å²) in [5, 5.41) is 8.01. The minimum atomic E-state index is 0.312. The number of hydrogen-bond donors (Lipinski definition) is 0. The van der Waals surface area contributed by atoms with Crippen molar-refractivity contribution >= 4 is 46.7 Å². The molecule has 3 atom stereocenters. The van der Waals surface area contributed by atoms with Crippen molar-refractivity contribution in [1.29, 1.82) is 0 Å². The number of rotatable bonds is 9. The SMILES string of the molecule is C=C1N(c2ccc(N3CCN(c4ccc(CC[C@@H]5CCC(c6ccc(Cl)cc6Cl)C5)cc4)CC3)cn2)C=NN1C(C)CC. The standard InChI is InChI=1S/C35H42Cl2N6/c1-4-25(2)43-26(3)42(24-39-43)35-16-14-32(23-38-35)41-19-17-40(18-20-41)31-12-8-27(9-13-31)5-6-28-7-10-29(21-28)33-15-11-30(36)22-34(33)37/h8-9,11-16,22-25,28-29H,3-7,10,17-21H2,1-2H3/t25?,28-,29?/m1/s1. The summed E-state index contributed by atoms with van der Waals surface area (Å²) in [7, 11) is 0. The summed E-state index contributed by atoms with van der Waals surface area (Å²) in [6.07, 6.45) is 10.9. The van der Waals surface area contributed by atoms with Gasteiger partial charge in [-0.3, -0.25) is 4.90 Å². The molecule has 1 aliphatic carbocycles. The van der Waals surface area contributed by atoms with E-state index in [0.29, 0.717) is 17.0 Å². The van der Waals surface area contributed by atoms with E-state index in [0.717, 1.165) is 67.3 Å². The lowest BCUT2D eigenvalue weighted by molar-refractivity contribution is 0.286. The molecule has 1 aromatic heterocycles. The molecular formula is C35H42Cl2N6. The molecule has 43 heavy (non-hydrogen) atoms. The predicted molar refractivity (Wildman–Crippen MR) is 182 cm³/mol. The highest BCUT2D eigenvalue weighted by atomic mass is 35.5. The van der Waals surface area contributed by atoms with Crippen LogP contribution in [-0.4, -0.2) is 48.6 Å². The Morgan fingerprint density at radius 3 is 2.33 bits per heavy atom. The molecule has 6 rings (SSSR count). The molecule has 0 N–H and O–H groups in total. The number of benzene rings is 2. The Labute approximate surface area is 266 Å². The van der Waals surface area contributed by atoms with Crippen LogP contribution in [0, 0.1) is 5.92 Å². The second-order valence-electron chi connectivity index (χ2n) is 12.2. The molecule has 1 saturated heterocycles. The van der Waals surface area contributed by atoms with E-state index in [1.54, 1.807) is 0 Å². The fraction of sp³-hybridized carbons (Fsp3) is 0.429. The van der Waals surface area contributed by atoms with Crippen LogP contribution >= 0.6 is 23.2 Å². The quantitative estimate of drug-likeness (QED) is 0.241. The van der Waals surface area contributed by atoms with Crippen molar-refractivity contribution in [2.45, 2.75) is 64.3 Å². The highest BCUT2D eigenvalue weighted by Gasteiger charge is 2.28. The monoisotopic (exact) mass is 616 g/mol. The first-order valence-electron chi connectivity index (χ1n) is 15.7. The molecule has 0 amide bonds. The fourth-order valence-corrected chi connectivity index (χ4v) is 7.27. The summed E-state index contributed by atoms with van der Waals surface area (Å²) in [6, 6.07) is 19.8. The van der Waals surface area contributed by atoms with Crippen molar-refractivity contribution in [2.75, 3.05) is 40.9 Å². The van der Waals surface area contributed by atoms with E-state index in [9.17, 15) is 0 Å². The predicted octanol–water partition coefficient (Wildman–Crippen LogP) is 8.57. The molecule has 2 aromatic carbocycles. The topological polar surface area (TPSA) is 38.2 Å². The first-order chi connectivity index (χ1) is 20.9. The third kappa shape index (κ3) is 6.66. The van der Waals surface area contributed by atoms with Gasteiger partial charge >= 0.3 is 0 Å². The molecule has 3 heterocycles. The van der Waals surface area contributed by atoms with Crippen molar-refractivity contribution in [3.8, 4) is 0 Å². The van der Waals surface area contributed by atoms with Crippen molar-refractivity contribution < 1.29 is 0 Å². The molecule has 6 nitrogen and oxygen atoms in total. The van der Waals surface area contributed by atoms with E-state index in [2.05, 4.69) is 77.8 Å². The third-order valence-electron chi connectivity index (χ3n) is 9.55. The van der Waals surface area contributed by atoms with Gasteiger partial charge in [-0.1, -0.05) is 54.9 Å². The molecule has 3 aliphatic rings. The van der Waals surface area contributed by atoms with E-state index in [1.807, 2.05) is 34.6 Å². The Kier molecular flexibility index (Phi) is 9.15. The van der Waals surface area contributed by atoms with Crippen molar-refractivity contribution in [1.82, 2.24) is 9.99 Å². The zero-order chi connectivity index (χ0) is 29.9. The second-order valence-corrected chi connectivity index (χ2v) is 13.1. The maximum absolute atomic E-state index is 6.49. The molecule has 0 bridgehead atoms. The molecule has 0 spiro atoms. The first-order valence-corrected chi connectivity index (χ1v) is 16.5. The summed E-state index contributed by atoms with van der Waals surface area (Å²) in [4.78, 5) is 11.6. The molecular weight excluding hydrogens is 575 g/mol. The molecule has 0 radical (unpaired) electrons. The summed E-state index contributed by atoms with van der Waals surface area (Å²) < 4.78 is 0. The molecule has 2 unspecified atom stereocenters. The van der Waals surface area contributed by atoms with E-state index in [-0.39, 0.29) is 0 Å². The number of halogens is 2. The van der Waals surface area contributed by atoms with Crippen LogP contribution in [-0.2, 0) is 6.42 Å². The summed E-state index contributed by atoms with van der Waals surface area (Å²) in [6.45, 7) is 12.5. The number of piperazine rings is 1. The van der Waals surface area contributed by atoms with Gasteiger partial charge in [-0.2, -0.15) is 5.10 Å². The summed E-state index contributed by atoms with van der Waals surface area (Å²) in [5.74, 6) is 3.01. The number of nitrogens with zero attached hydrogens (tertiary/aromatic N) is 6. The average Bonchev–Trinajstić information content (AvgIpc) is 3.67. The maximum Gasteiger partial charge on any atom is 0.139 e. The molecule has 1 saturated carbocycles. The molecule has 2 fully saturated rings. The van der Waals surface area contributed by atoms with Crippen LogP contribution in [0.1, 0.15) is 63.0 Å². The minimum absolute atomic E-state index is 0.312. The molecule has 2 aliphatic heterocycles. The number of aryl methyl sites for hydroxylation is 1. The Balaban J connectivity index is 0.962. The van der Waals surface area contributed by atoms with Crippen LogP contribution in [0.25, 0.3) is 0 Å². The molecule has 226 valence electrons. The highest BCUT2D eigenvalue weighted by Crippen LogP contribution is 2.43. The molecule has 8 heteroatoms. The van der Waals surface area contributed by atoms with Crippen LogP contribution in [0.15, 0.2) is 78.3 Å². The first kappa shape index (κ1) is 29.8. The lowest BCUT2D eigenvalue weighted by Crippen LogP contribution is -2.46. The van der Waals surface area contributed by atoms with Gasteiger partial charge in [0.05, 0.1) is 17.9 Å². The number of anilines is 3. The normalized spacial score (nSPS) is 21.3. The Bertz CT molecular complexity index is 1430. The van der Waals surface area contributed by atoms with E-state index >= 15 is 0 Å². The van der Waals surface area contributed by atoms with Gasteiger partial charge in [0.25, 0.3) is 0 Å². The zero-order valence-corrected chi connectivity index (χ0v) is 26.8. The lowest BCUT2D eigenvalue weighted by Gasteiger charge is -2.37. The van der Waals surface area contributed by atoms with Crippen molar-refractivity contribution in [2.24, 2.45) is 11.0 Å². The van der Waals surface area contributed by atoms with Crippen molar-refractivity contribution in [3.63, 3.8) is 0 Å². The van der Waals surface area contributed by atoms with Gasteiger partial charge < -0.3 is 9.80 Å². The van der Waals surface area contributed by atoms with E-state index < -0.39 is 0 Å². The summed E-state index contributed by atoms with van der Waals surface area (Å²) in [5.41, 5.74) is 5.17. The van der Waals surface area contributed by atoms with Gasteiger partial charge in [-0.15, -0.1) is 0 Å². The Hall–Kier alpha value is -3.22. The van der Waals surface area contributed by atoms with Gasteiger partial charge in [0.2, 0.25) is 0 Å². The van der Waals surface area contributed by atoms with Gasteiger partial charge in [-0.25, -0.2) is 9.99 Å². The van der Waals surface area contributed by atoms with Gasteiger partial charge in [-0.05, 0) is 105 Å². The number of hydrazone groups is 1. The molecule has 3 aromatic rings. The lowest BCUT2D eigenvalue weighted by atomic mass is 9.93. The third-order valence-corrected chi connectivity index (χ3v) is 10.1. The largest absolute Gasteiger partial charge is 0.368 e. The number of aromatic nitrogens is 1. The average molecular weight is 618 g/mol. The zero-order valence-electron chi connectivity index (χ0n) is 25.3.